The molecule has 1 heterocycles. The van der Waals surface area contributed by atoms with Gasteiger partial charge >= 0.3 is 5.97 Å². The summed E-state index contributed by atoms with van der Waals surface area (Å²) in [6.07, 6.45) is 7.84. The van der Waals surface area contributed by atoms with Gasteiger partial charge in [-0.15, -0.1) is 0 Å². The lowest BCUT2D eigenvalue weighted by molar-refractivity contribution is -0.129. The van der Waals surface area contributed by atoms with Crippen LogP contribution in [0.3, 0.4) is 0 Å². The molecule has 0 fully saturated rings. The molecular weight excluding hydrogens is 386 g/mol. The Hall–Kier alpha value is -2.88. The third kappa shape index (κ3) is 6.55. The number of rotatable bonds is 9. The van der Waals surface area contributed by atoms with Crippen molar-refractivity contribution >= 4 is 17.9 Å². The molecule has 0 aliphatic carbocycles. The summed E-state index contributed by atoms with van der Waals surface area (Å²) < 4.78 is 11.2. The minimum absolute atomic E-state index is 0.0721. The zero-order valence-electron chi connectivity index (χ0n) is 19.1. The van der Waals surface area contributed by atoms with Crippen LogP contribution in [0, 0.1) is 0 Å². The van der Waals surface area contributed by atoms with E-state index in [0.29, 0.717) is 11.6 Å². The van der Waals surface area contributed by atoms with Crippen LogP contribution < -0.4 is 4.74 Å². The summed E-state index contributed by atoms with van der Waals surface area (Å²) in [7, 11) is 0. The Kier molecular flexibility index (Phi) is 7.67. The molecule has 0 amide bonds. The van der Waals surface area contributed by atoms with Crippen molar-refractivity contribution < 1.29 is 14.3 Å². The van der Waals surface area contributed by atoms with E-state index in [1.807, 2.05) is 36.4 Å². The Bertz CT molecular complexity index is 932. The van der Waals surface area contributed by atoms with Gasteiger partial charge < -0.3 is 9.47 Å². The van der Waals surface area contributed by atoms with Crippen molar-refractivity contribution in [1.82, 2.24) is 0 Å². The zero-order valence-corrected chi connectivity index (χ0v) is 19.1. The van der Waals surface area contributed by atoms with Crippen molar-refractivity contribution in [1.29, 1.82) is 0 Å². The highest BCUT2D eigenvalue weighted by Crippen LogP contribution is 2.25. The number of hydrogen-bond donors (Lipinski definition) is 0. The minimum atomic E-state index is -0.428. The van der Waals surface area contributed by atoms with Crippen molar-refractivity contribution in [3.63, 3.8) is 0 Å². The van der Waals surface area contributed by atoms with E-state index in [1.165, 1.54) is 31.2 Å². The molecule has 1 aliphatic heterocycles. The summed E-state index contributed by atoms with van der Waals surface area (Å²) in [5.41, 5.74) is 3.28. The predicted molar refractivity (Wildman–Crippen MR) is 126 cm³/mol. The number of carbonyl (C=O) groups is 1. The molecule has 0 radical (unpaired) electrons. The summed E-state index contributed by atoms with van der Waals surface area (Å²) in [5.74, 6) is 0.761. The first-order chi connectivity index (χ1) is 14.9. The second-order valence-corrected chi connectivity index (χ2v) is 9.00. The van der Waals surface area contributed by atoms with Crippen LogP contribution in [0.15, 0.2) is 59.2 Å². The number of benzene rings is 2. The molecular formula is C27H33NO3. The smallest absolute Gasteiger partial charge is 0.363 e. The topological polar surface area (TPSA) is 47.9 Å². The molecule has 0 aromatic heterocycles. The monoisotopic (exact) mass is 419 g/mol. The fourth-order valence-corrected chi connectivity index (χ4v) is 3.36. The van der Waals surface area contributed by atoms with Crippen molar-refractivity contribution in [3.8, 4) is 5.75 Å². The van der Waals surface area contributed by atoms with Gasteiger partial charge in [-0.1, -0.05) is 77.6 Å². The molecule has 2 aromatic carbocycles. The van der Waals surface area contributed by atoms with Gasteiger partial charge in [0.1, 0.15) is 5.75 Å². The lowest BCUT2D eigenvalue weighted by atomic mass is 9.87. The molecule has 0 atom stereocenters. The third-order valence-corrected chi connectivity index (χ3v) is 5.32. The SMILES string of the molecule is CCCCCCCOc1ccc(/C=C2\N=C(c3ccc(C(C)(C)C)cc3)OC2=O)cc1. The number of unbranched alkanes of at least 4 members (excludes halogenated alkanes) is 4. The van der Waals surface area contributed by atoms with E-state index in [4.69, 9.17) is 9.47 Å². The molecule has 0 bridgehead atoms. The van der Waals surface area contributed by atoms with Gasteiger partial charge in [-0.25, -0.2) is 9.79 Å². The Labute approximate surface area is 186 Å². The van der Waals surface area contributed by atoms with E-state index in [2.05, 4.69) is 44.8 Å². The van der Waals surface area contributed by atoms with E-state index in [0.717, 1.165) is 29.9 Å². The van der Waals surface area contributed by atoms with E-state index < -0.39 is 5.97 Å². The van der Waals surface area contributed by atoms with Crippen molar-refractivity contribution in [2.45, 2.75) is 65.2 Å². The first kappa shape index (κ1) is 22.8. The summed E-state index contributed by atoms with van der Waals surface area (Å²) in [6, 6.07) is 15.7. The molecule has 0 saturated heterocycles. The maximum atomic E-state index is 12.3. The number of ether oxygens (including phenoxy) is 2. The first-order valence-electron chi connectivity index (χ1n) is 11.2. The fourth-order valence-electron chi connectivity index (χ4n) is 3.36. The second-order valence-electron chi connectivity index (χ2n) is 9.00. The lowest BCUT2D eigenvalue weighted by Gasteiger charge is -2.18. The maximum absolute atomic E-state index is 12.3. The third-order valence-electron chi connectivity index (χ3n) is 5.32. The number of carbonyl (C=O) groups excluding carboxylic acids is 1. The van der Waals surface area contributed by atoms with E-state index in [-0.39, 0.29) is 5.41 Å². The molecule has 1 aliphatic rings. The molecule has 0 spiro atoms. The Morgan fingerprint density at radius 1 is 0.935 bits per heavy atom. The highest BCUT2D eigenvalue weighted by Gasteiger charge is 2.24. The number of nitrogens with zero attached hydrogens (tertiary/aromatic N) is 1. The largest absolute Gasteiger partial charge is 0.494 e. The van der Waals surface area contributed by atoms with Crippen molar-refractivity contribution in [2.24, 2.45) is 4.99 Å². The minimum Gasteiger partial charge on any atom is -0.494 e. The Morgan fingerprint density at radius 3 is 2.26 bits per heavy atom. The maximum Gasteiger partial charge on any atom is 0.363 e. The average molecular weight is 420 g/mol. The quantitative estimate of drug-likeness (QED) is 0.259. The molecule has 0 unspecified atom stereocenters. The van der Waals surface area contributed by atoms with Crippen molar-refractivity contribution in [3.05, 3.63) is 70.9 Å². The highest BCUT2D eigenvalue weighted by atomic mass is 16.6. The second kappa shape index (κ2) is 10.4. The number of cyclic esters (lactones) is 1. The summed E-state index contributed by atoms with van der Waals surface area (Å²) >= 11 is 0. The Balaban J connectivity index is 1.61. The van der Waals surface area contributed by atoms with E-state index >= 15 is 0 Å². The van der Waals surface area contributed by atoms with Gasteiger partial charge in [0.05, 0.1) is 6.61 Å². The molecule has 3 rings (SSSR count). The van der Waals surface area contributed by atoms with Crippen LogP contribution in [0.1, 0.15) is 76.5 Å². The zero-order chi connectivity index (χ0) is 22.3. The van der Waals surface area contributed by atoms with Crippen LogP contribution in [-0.2, 0) is 14.9 Å². The van der Waals surface area contributed by atoms with Gasteiger partial charge in [0.25, 0.3) is 0 Å². The molecule has 0 N–H and O–H groups in total. The van der Waals surface area contributed by atoms with Gasteiger partial charge in [-0.2, -0.15) is 0 Å². The molecule has 164 valence electrons. The number of aliphatic imine (C=N–C) groups is 1. The van der Waals surface area contributed by atoms with Crippen LogP contribution in [0.4, 0.5) is 0 Å². The molecule has 4 nitrogen and oxygen atoms in total. The highest BCUT2D eigenvalue weighted by molar-refractivity contribution is 6.12. The van der Waals surface area contributed by atoms with E-state index in [9.17, 15) is 4.79 Å². The molecule has 2 aromatic rings. The Morgan fingerprint density at radius 2 is 1.61 bits per heavy atom. The molecule has 4 heteroatoms. The van der Waals surface area contributed by atoms with Crippen LogP contribution in [0.2, 0.25) is 0 Å². The molecule has 0 saturated carbocycles. The van der Waals surface area contributed by atoms with Crippen LogP contribution in [0.5, 0.6) is 5.75 Å². The standard InChI is InChI=1S/C27H33NO3/c1-5-6-7-8-9-18-30-23-16-10-20(11-17-23)19-24-26(29)31-25(28-24)21-12-14-22(15-13-21)27(2,3)4/h10-17,19H,5-9,18H2,1-4H3/b24-19-. The summed E-state index contributed by atoms with van der Waals surface area (Å²) in [5, 5.41) is 0. The van der Waals surface area contributed by atoms with Crippen molar-refractivity contribution in [2.75, 3.05) is 6.61 Å². The average Bonchev–Trinajstić information content (AvgIpc) is 3.11. The number of hydrogen-bond acceptors (Lipinski definition) is 4. The summed E-state index contributed by atoms with van der Waals surface area (Å²) in [6.45, 7) is 9.45. The predicted octanol–water partition coefficient (Wildman–Crippen LogP) is 6.68. The van der Waals surface area contributed by atoms with Gasteiger partial charge in [-0.3, -0.25) is 0 Å². The van der Waals surface area contributed by atoms with Crippen LogP contribution >= 0.6 is 0 Å². The van der Waals surface area contributed by atoms with Gasteiger partial charge in [-0.05, 0) is 53.3 Å². The fraction of sp³-hybridized carbons (Fsp3) is 0.407. The van der Waals surface area contributed by atoms with Crippen LogP contribution in [-0.4, -0.2) is 18.5 Å². The van der Waals surface area contributed by atoms with Gasteiger partial charge in [0, 0.05) is 5.56 Å². The van der Waals surface area contributed by atoms with Gasteiger partial charge in [0.2, 0.25) is 5.90 Å². The van der Waals surface area contributed by atoms with E-state index in [1.54, 1.807) is 6.08 Å². The number of esters is 1. The normalized spacial score (nSPS) is 15.2. The van der Waals surface area contributed by atoms with Crippen LogP contribution in [0.25, 0.3) is 6.08 Å². The molecule has 31 heavy (non-hydrogen) atoms. The first-order valence-corrected chi connectivity index (χ1v) is 11.2. The van der Waals surface area contributed by atoms with Gasteiger partial charge in [0.15, 0.2) is 5.70 Å². The lowest BCUT2D eigenvalue weighted by Crippen LogP contribution is -2.11. The summed E-state index contributed by atoms with van der Waals surface area (Å²) in [4.78, 5) is 16.7.